The zero-order valence-corrected chi connectivity index (χ0v) is 8.71. The minimum atomic E-state index is -1.60. The highest BCUT2D eigenvalue weighted by atomic mass is 16.6. The second kappa shape index (κ2) is 2.95. The molecular weight excluding hydrogens is 200 g/mol. The molecule has 1 saturated carbocycles. The molecule has 86 valence electrons. The Balaban J connectivity index is 2.50. The molecule has 0 spiro atoms. The molecule has 0 aromatic carbocycles. The molecule has 0 saturated heterocycles. The molecule has 2 aliphatic rings. The van der Waals surface area contributed by atoms with Gasteiger partial charge in [0.2, 0.25) is 6.29 Å². The van der Waals surface area contributed by atoms with Crippen LogP contribution in [0.4, 0.5) is 0 Å². The van der Waals surface area contributed by atoms with Gasteiger partial charge in [0.1, 0.15) is 5.60 Å². The molecule has 0 aromatic rings. The van der Waals surface area contributed by atoms with E-state index in [-0.39, 0.29) is 6.42 Å². The molecule has 5 nitrogen and oxygen atoms in total. The lowest BCUT2D eigenvalue weighted by Crippen LogP contribution is -2.55. The van der Waals surface area contributed by atoms with Crippen LogP contribution < -0.4 is 0 Å². The topological polar surface area (TPSA) is 90.2 Å². The van der Waals surface area contributed by atoms with E-state index in [9.17, 15) is 20.4 Å². The van der Waals surface area contributed by atoms with Crippen LogP contribution in [0.2, 0.25) is 0 Å². The summed E-state index contributed by atoms with van der Waals surface area (Å²) in [5.41, 5.74) is -2.52. The number of ether oxygens (including phenoxy) is 1. The van der Waals surface area contributed by atoms with Crippen molar-refractivity contribution in [2.75, 3.05) is 0 Å². The van der Waals surface area contributed by atoms with Gasteiger partial charge in [-0.1, -0.05) is 0 Å². The van der Waals surface area contributed by atoms with Crippen molar-refractivity contribution in [2.24, 2.45) is 5.92 Å². The van der Waals surface area contributed by atoms with Crippen molar-refractivity contribution in [3.63, 3.8) is 0 Å². The Morgan fingerprint density at radius 1 is 1.40 bits per heavy atom. The van der Waals surface area contributed by atoms with Crippen LogP contribution in [0.5, 0.6) is 0 Å². The molecule has 1 fully saturated rings. The van der Waals surface area contributed by atoms with Gasteiger partial charge in [-0.05, 0) is 19.4 Å². The van der Waals surface area contributed by atoms with Crippen molar-refractivity contribution in [1.29, 1.82) is 0 Å². The lowest BCUT2D eigenvalue weighted by molar-refractivity contribution is -0.206. The average Bonchev–Trinajstić information content (AvgIpc) is 2.28. The summed E-state index contributed by atoms with van der Waals surface area (Å²) in [7, 11) is 0. The molecule has 5 unspecified atom stereocenters. The van der Waals surface area contributed by atoms with E-state index in [1.807, 2.05) is 0 Å². The molecule has 0 amide bonds. The van der Waals surface area contributed by atoms with E-state index < -0.39 is 29.5 Å². The van der Waals surface area contributed by atoms with E-state index in [0.717, 1.165) is 0 Å². The third-order valence-corrected chi connectivity index (χ3v) is 3.56. The quantitative estimate of drug-likeness (QED) is 0.421. The Bertz CT molecular complexity index is 311. The molecule has 15 heavy (non-hydrogen) atoms. The summed E-state index contributed by atoms with van der Waals surface area (Å²) in [5, 5.41) is 39.8. The maximum Gasteiger partial charge on any atom is 0.205 e. The van der Waals surface area contributed by atoms with Crippen LogP contribution in [-0.4, -0.2) is 44.0 Å². The molecule has 0 bridgehead atoms. The maximum absolute atomic E-state index is 10.3. The van der Waals surface area contributed by atoms with Gasteiger partial charge >= 0.3 is 0 Å². The van der Waals surface area contributed by atoms with Crippen LogP contribution in [-0.2, 0) is 4.74 Å². The number of hydrogen-bond donors (Lipinski definition) is 4. The smallest absolute Gasteiger partial charge is 0.205 e. The number of aliphatic hydroxyl groups is 4. The first-order valence-electron chi connectivity index (χ1n) is 4.93. The van der Waals surface area contributed by atoms with E-state index in [4.69, 9.17) is 4.74 Å². The molecule has 4 N–H and O–H groups in total. The number of aliphatic hydroxyl groups excluding tert-OH is 2. The van der Waals surface area contributed by atoms with Crippen LogP contribution >= 0.6 is 0 Å². The molecular formula is C10H16O5. The van der Waals surface area contributed by atoms with Crippen LogP contribution in [0.1, 0.15) is 20.3 Å². The van der Waals surface area contributed by atoms with Crippen LogP contribution in [0.15, 0.2) is 11.8 Å². The van der Waals surface area contributed by atoms with E-state index >= 15 is 0 Å². The highest BCUT2D eigenvalue weighted by Crippen LogP contribution is 2.50. The largest absolute Gasteiger partial charge is 0.472 e. The Morgan fingerprint density at radius 2 is 2.00 bits per heavy atom. The zero-order chi connectivity index (χ0) is 11.4. The summed E-state index contributed by atoms with van der Waals surface area (Å²) < 4.78 is 4.92. The standard InChI is InChI=1S/C10H16O5/c1-5-4-15-8(12)7-9(2,13)3-6(11)10(5,7)14/h4,6-8,11-14H,3H2,1-2H3. The van der Waals surface area contributed by atoms with Gasteiger partial charge in [-0.2, -0.15) is 0 Å². The van der Waals surface area contributed by atoms with Crippen LogP contribution in [0, 0.1) is 5.92 Å². The molecule has 2 rings (SSSR count). The molecule has 1 aliphatic heterocycles. The van der Waals surface area contributed by atoms with Gasteiger partial charge in [0.15, 0.2) is 0 Å². The SMILES string of the molecule is CC1=COC(O)C2C(C)(O)CC(O)C12O. The van der Waals surface area contributed by atoms with Gasteiger partial charge in [-0.25, -0.2) is 0 Å². The Kier molecular flexibility index (Phi) is 2.14. The van der Waals surface area contributed by atoms with Gasteiger partial charge in [0.05, 0.1) is 23.9 Å². The molecule has 5 atom stereocenters. The van der Waals surface area contributed by atoms with Crippen molar-refractivity contribution in [3.05, 3.63) is 11.8 Å². The number of rotatable bonds is 0. The number of hydrogen-bond acceptors (Lipinski definition) is 5. The summed E-state index contributed by atoms with van der Waals surface area (Å²) in [6.07, 6.45) is -1.15. The van der Waals surface area contributed by atoms with E-state index in [2.05, 4.69) is 0 Å². The lowest BCUT2D eigenvalue weighted by atomic mass is 9.77. The highest BCUT2D eigenvalue weighted by molar-refractivity contribution is 5.27. The van der Waals surface area contributed by atoms with Crippen molar-refractivity contribution in [3.8, 4) is 0 Å². The minimum absolute atomic E-state index is 0.0137. The Hall–Kier alpha value is -0.620. The molecule has 0 aromatic heterocycles. The van der Waals surface area contributed by atoms with Gasteiger partial charge in [-0.3, -0.25) is 0 Å². The monoisotopic (exact) mass is 216 g/mol. The summed E-state index contributed by atoms with van der Waals surface area (Å²) in [5.74, 6) is -0.926. The van der Waals surface area contributed by atoms with Crippen molar-refractivity contribution < 1.29 is 25.2 Å². The average molecular weight is 216 g/mol. The van der Waals surface area contributed by atoms with Crippen molar-refractivity contribution >= 4 is 0 Å². The van der Waals surface area contributed by atoms with Crippen LogP contribution in [0.25, 0.3) is 0 Å². The maximum atomic E-state index is 10.3. The molecule has 1 heterocycles. The molecule has 5 heteroatoms. The Morgan fingerprint density at radius 3 is 2.53 bits per heavy atom. The van der Waals surface area contributed by atoms with Crippen molar-refractivity contribution in [1.82, 2.24) is 0 Å². The third kappa shape index (κ3) is 1.24. The van der Waals surface area contributed by atoms with E-state index in [1.54, 1.807) is 6.92 Å². The summed E-state index contributed by atoms with van der Waals surface area (Å²) in [6, 6.07) is 0. The van der Waals surface area contributed by atoms with Crippen LogP contribution in [0.3, 0.4) is 0 Å². The molecule has 0 radical (unpaired) electrons. The van der Waals surface area contributed by atoms with Crippen molar-refractivity contribution in [2.45, 2.75) is 43.9 Å². The first-order chi connectivity index (χ1) is 6.80. The fourth-order valence-corrected chi connectivity index (χ4v) is 2.73. The zero-order valence-electron chi connectivity index (χ0n) is 8.71. The minimum Gasteiger partial charge on any atom is -0.472 e. The van der Waals surface area contributed by atoms with Gasteiger partial charge in [0, 0.05) is 6.42 Å². The first kappa shape index (κ1) is 10.9. The van der Waals surface area contributed by atoms with E-state index in [1.165, 1.54) is 13.2 Å². The van der Waals surface area contributed by atoms with Gasteiger partial charge in [-0.15, -0.1) is 0 Å². The van der Waals surface area contributed by atoms with Gasteiger partial charge in [0.25, 0.3) is 0 Å². The number of fused-ring (bicyclic) bond motifs is 1. The first-order valence-corrected chi connectivity index (χ1v) is 4.93. The molecule has 1 aliphatic carbocycles. The summed E-state index contributed by atoms with van der Waals surface area (Å²) >= 11 is 0. The second-order valence-corrected chi connectivity index (χ2v) is 4.71. The lowest BCUT2D eigenvalue weighted by Gasteiger charge is -2.41. The predicted molar refractivity (Wildman–Crippen MR) is 50.5 cm³/mol. The normalized spacial score (nSPS) is 54.5. The summed E-state index contributed by atoms with van der Waals surface area (Å²) in [6.45, 7) is 3.08. The second-order valence-electron chi connectivity index (χ2n) is 4.71. The van der Waals surface area contributed by atoms with E-state index in [0.29, 0.717) is 5.57 Å². The van der Waals surface area contributed by atoms with Gasteiger partial charge < -0.3 is 25.2 Å². The highest BCUT2D eigenvalue weighted by Gasteiger charge is 2.64. The fraction of sp³-hybridized carbons (Fsp3) is 0.800. The Labute approximate surface area is 87.6 Å². The predicted octanol–water partition coefficient (Wildman–Crippen LogP) is -0.898. The third-order valence-electron chi connectivity index (χ3n) is 3.56. The summed E-state index contributed by atoms with van der Waals surface area (Å²) in [4.78, 5) is 0. The fourth-order valence-electron chi connectivity index (χ4n) is 2.73.